The summed E-state index contributed by atoms with van der Waals surface area (Å²) in [6.45, 7) is 7.88. The maximum absolute atomic E-state index is 11.4. The predicted molar refractivity (Wildman–Crippen MR) is 143 cm³/mol. The lowest BCUT2D eigenvalue weighted by molar-refractivity contribution is -0.145. The number of aromatic nitrogens is 1. The van der Waals surface area contributed by atoms with E-state index in [0.717, 1.165) is 40.9 Å². The largest absolute Gasteiger partial charge is 0.479 e. The van der Waals surface area contributed by atoms with Crippen LogP contribution in [0, 0.1) is 26.7 Å². The van der Waals surface area contributed by atoms with E-state index in [9.17, 15) is 9.90 Å². The number of carboxylic acid groups (broad SMARTS) is 1. The molecule has 7 heteroatoms. The van der Waals surface area contributed by atoms with Gasteiger partial charge in [-0.1, -0.05) is 49.0 Å². The molecule has 1 heterocycles. The molecule has 0 amide bonds. The lowest BCUT2D eigenvalue weighted by atomic mass is 9.83. The number of nitrogens with zero attached hydrogens (tertiary/aromatic N) is 2. The van der Waals surface area contributed by atoms with E-state index in [1.165, 1.54) is 24.8 Å². The maximum Gasteiger partial charge on any atom is 0.344 e. The van der Waals surface area contributed by atoms with Crippen LogP contribution in [-0.2, 0) is 16.2 Å². The monoisotopic (exact) mass is 504 g/mol. The molecule has 0 saturated heterocycles. The Hall–Kier alpha value is -3.61. The second-order valence-corrected chi connectivity index (χ2v) is 9.81. The van der Waals surface area contributed by atoms with Crippen molar-refractivity contribution in [1.82, 2.24) is 4.98 Å². The number of oxime groups is 1. The third kappa shape index (κ3) is 6.59. The van der Waals surface area contributed by atoms with E-state index in [2.05, 4.69) is 10.1 Å². The van der Waals surface area contributed by atoms with E-state index < -0.39 is 12.1 Å². The van der Waals surface area contributed by atoms with Crippen molar-refractivity contribution in [2.75, 3.05) is 0 Å². The first-order valence-electron chi connectivity index (χ1n) is 13.1. The van der Waals surface area contributed by atoms with Crippen molar-refractivity contribution in [3.63, 3.8) is 0 Å². The number of ether oxygens (including phenoxy) is 1. The Morgan fingerprint density at radius 1 is 1.11 bits per heavy atom. The standard InChI is InChI=1S/C30H36N2O5/c1-5-26(30(33)34)37-27-16-15-24(17-20(27)3)28(22-9-7-6-8-10-22)32-35-18-25-21(4)36-29(31-25)23-13-11-19(2)12-14-23/h11-17,22,26H,5-10,18H2,1-4H3,(H,33,34)/b32-28+. The van der Waals surface area contributed by atoms with E-state index >= 15 is 0 Å². The highest BCUT2D eigenvalue weighted by molar-refractivity contribution is 6.02. The maximum atomic E-state index is 11.4. The highest BCUT2D eigenvalue weighted by Crippen LogP contribution is 2.30. The molecule has 3 aromatic rings. The summed E-state index contributed by atoms with van der Waals surface area (Å²) in [4.78, 5) is 21.9. The van der Waals surface area contributed by atoms with Gasteiger partial charge in [0.2, 0.25) is 5.89 Å². The number of benzene rings is 2. The molecule has 0 bridgehead atoms. The number of hydrogen-bond donors (Lipinski definition) is 1. The molecule has 1 N–H and O–H groups in total. The molecule has 1 unspecified atom stereocenters. The van der Waals surface area contributed by atoms with Gasteiger partial charge in [0.1, 0.15) is 17.2 Å². The fourth-order valence-electron chi connectivity index (χ4n) is 4.69. The van der Waals surface area contributed by atoms with Crippen LogP contribution in [-0.4, -0.2) is 27.9 Å². The average Bonchev–Trinajstić information content (AvgIpc) is 3.26. The second kappa shape index (κ2) is 12.1. The summed E-state index contributed by atoms with van der Waals surface area (Å²) < 4.78 is 11.6. The van der Waals surface area contributed by atoms with Crippen LogP contribution >= 0.6 is 0 Å². The molecule has 37 heavy (non-hydrogen) atoms. The lowest BCUT2D eigenvalue weighted by Crippen LogP contribution is -2.26. The van der Waals surface area contributed by atoms with Gasteiger partial charge in [-0.25, -0.2) is 9.78 Å². The van der Waals surface area contributed by atoms with Gasteiger partial charge in [-0.2, -0.15) is 0 Å². The molecular formula is C30H36N2O5. The molecule has 1 atom stereocenters. The molecule has 1 aromatic heterocycles. The van der Waals surface area contributed by atoms with Crippen LogP contribution < -0.4 is 4.74 Å². The quantitative estimate of drug-likeness (QED) is 0.236. The van der Waals surface area contributed by atoms with Crippen LogP contribution in [0.15, 0.2) is 52.0 Å². The second-order valence-electron chi connectivity index (χ2n) is 9.81. The Kier molecular flexibility index (Phi) is 8.64. The van der Waals surface area contributed by atoms with Gasteiger partial charge < -0.3 is 19.1 Å². The minimum absolute atomic E-state index is 0.217. The van der Waals surface area contributed by atoms with Gasteiger partial charge in [-0.3, -0.25) is 0 Å². The Labute approximate surface area is 218 Å². The van der Waals surface area contributed by atoms with Crippen LogP contribution in [0.4, 0.5) is 0 Å². The minimum atomic E-state index is -0.961. The number of hydrogen-bond acceptors (Lipinski definition) is 6. The van der Waals surface area contributed by atoms with Crippen LogP contribution in [0.3, 0.4) is 0 Å². The number of carboxylic acids is 1. The summed E-state index contributed by atoms with van der Waals surface area (Å²) in [7, 11) is 0. The molecule has 196 valence electrons. The fourth-order valence-corrected chi connectivity index (χ4v) is 4.69. The summed E-state index contributed by atoms with van der Waals surface area (Å²) in [5, 5.41) is 14.0. The summed E-state index contributed by atoms with van der Waals surface area (Å²) in [5.41, 5.74) is 5.59. The molecule has 2 aromatic carbocycles. The van der Waals surface area contributed by atoms with Gasteiger partial charge in [0.25, 0.3) is 0 Å². The topological polar surface area (TPSA) is 94.2 Å². The third-order valence-electron chi connectivity index (χ3n) is 6.93. The SMILES string of the molecule is CCC(Oc1ccc(/C(=N/OCc2nc(-c3ccc(C)cc3)oc2C)C2CCCCC2)cc1C)C(=O)O. The van der Waals surface area contributed by atoms with Crippen molar-refractivity contribution in [3.8, 4) is 17.2 Å². The zero-order valence-corrected chi connectivity index (χ0v) is 22.1. The normalized spacial score (nSPS) is 15.4. The van der Waals surface area contributed by atoms with Gasteiger partial charge in [0, 0.05) is 17.0 Å². The number of aryl methyl sites for hydroxylation is 3. The summed E-state index contributed by atoms with van der Waals surface area (Å²) in [5.74, 6) is 1.21. The molecule has 1 aliphatic carbocycles. The molecule has 1 fully saturated rings. The van der Waals surface area contributed by atoms with Crippen LogP contribution in [0.2, 0.25) is 0 Å². The number of oxazole rings is 1. The highest BCUT2D eigenvalue weighted by atomic mass is 16.6. The summed E-state index contributed by atoms with van der Waals surface area (Å²) >= 11 is 0. The van der Waals surface area contributed by atoms with E-state index in [1.54, 1.807) is 6.92 Å². The van der Waals surface area contributed by atoms with Crippen LogP contribution in [0.25, 0.3) is 11.5 Å². The molecule has 0 spiro atoms. The van der Waals surface area contributed by atoms with Crippen molar-refractivity contribution < 1.29 is 23.9 Å². The van der Waals surface area contributed by atoms with Gasteiger partial charge in [0.15, 0.2) is 12.7 Å². The van der Waals surface area contributed by atoms with Crippen LogP contribution in [0.5, 0.6) is 5.75 Å². The molecule has 0 radical (unpaired) electrons. The molecule has 1 saturated carbocycles. The number of aliphatic carboxylic acids is 1. The first-order valence-corrected chi connectivity index (χ1v) is 13.1. The van der Waals surface area contributed by atoms with Crippen molar-refractivity contribution in [2.24, 2.45) is 11.1 Å². The van der Waals surface area contributed by atoms with Crippen molar-refractivity contribution in [2.45, 2.75) is 78.9 Å². The smallest absolute Gasteiger partial charge is 0.344 e. The zero-order valence-electron chi connectivity index (χ0n) is 22.1. The van der Waals surface area contributed by atoms with E-state index in [-0.39, 0.29) is 6.61 Å². The van der Waals surface area contributed by atoms with E-state index in [0.29, 0.717) is 29.7 Å². The van der Waals surface area contributed by atoms with Crippen molar-refractivity contribution >= 4 is 11.7 Å². The Balaban J connectivity index is 1.53. The highest BCUT2D eigenvalue weighted by Gasteiger charge is 2.23. The number of carbonyl (C=O) groups is 1. The van der Waals surface area contributed by atoms with Gasteiger partial charge in [0.05, 0.1) is 5.71 Å². The molecule has 4 rings (SSSR count). The predicted octanol–water partition coefficient (Wildman–Crippen LogP) is 7.01. The minimum Gasteiger partial charge on any atom is -0.479 e. The van der Waals surface area contributed by atoms with Gasteiger partial charge >= 0.3 is 5.97 Å². The summed E-state index contributed by atoms with van der Waals surface area (Å²) in [6.07, 6.45) is 5.24. The Morgan fingerprint density at radius 3 is 2.49 bits per heavy atom. The Morgan fingerprint density at radius 2 is 1.84 bits per heavy atom. The van der Waals surface area contributed by atoms with Crippen LogP contribution in [0.1, 0.15) is 73.6 Å². The zero-order chi connectivity index (χ0) is 26.4. The summed E-state index contributed by atoms with van der Waals surface area (Å²) in [6, 6.07) is 13.9. The molecule has 0 aliphatic heterocycles. The first kappa shape index (κ1) is 26.5. The van der Waals surface area contributed by atoms with Gasteiger partial charge in [-0.05, 0) is 75.9 Å². The van der Waals surface area contributed by atoms with Crippen molar-refractivity contribution in [3.05, 3.63) is 70.6 Å². The molecular weight excluding hydrogens is 468 g/mol. The number of rotatable bonds is 10. The average molecular weight is 505 g/mol. The fraction of sp³-hybridized carbons (Fsp3) is 0.433. The van der Waals surface area contributed by atoms with E-state index in [4.69, 9.17) is 14.0 Å². The van der Waals surface area contributed by atoms with Crippen molar-refractivity contribution in [1.29, 1.82) is 0 Å². The molecule has 1 aliphatic rings. The first-order chi connectivity index (χ1) is 17.9. The van der Waals surface area contributed by atoms with Gasteiger partial charge in [-0.15, -0.1) is 0 Å². The Bertz CT molecular complexity index is 1240. The molecule has 7 nitrogen and oxygen atoms in total. The third-order valence-corrected chi connectivity index (χ3v) is 6.93. The van der Waals surface area contributed by atoms with E-state index in [1.807, 2.05) is 63.2 Å². The lowest BCUT2D eigenvalue weighted by Gasteiger charge is -2.24.